The van der Waals surface area contributed by atoms with E-state index in [1.165, 1.54) is 18.2 Å². The van der Waals surface area contributed by atoms with Gasteiger partial charge < -0.3 is 10.6 Å². The van der Waals surface area contributed by atoms with Crippen LogP contribution >= 0.6 is 0 Å². The molecule has 8 heteroatoms. The molecule has 1 aromatic carbocycles. The first-order valence-corrected chi connectivity index (χ1v) is 7.97. The molecule has 4 nitrogen and oxygen atoms in total. The van der Waals surface area contributed by atoms with Gasteiger partial charge in [0, 0.05) is 12.1 Å². The van der Waals surface area contributed by atoms with Crippen LogP contribution in [0.15, 0.2) is 35.9 Å². The normalized spacial score (nSPS) is 14.2. The van der Waals surface area contributed by atoms with Gasteiger partial charge in [-0.1, -0.05) is 6.07 Å². The maximum atomic E-state index is 14.5. The third-order valence-corrected chi connectivity index (χ3v) is 3.97. The summed E-state index contributed by atoms with van der Waals surface area (Å²) in [5.41, 5.74) is -0.286. The molecule has 136 valence electrons. The molecule has 0 aliphatic carbocycles. The maximum absolute atomic E-state index is 14.5. The smallest absolute Gasteiger partial charge is 0.262 e. The Hall–Kier alpha value is -2.74. The van der Waals surface area contributed by atoms with Crippen LogP contribution in [0.2, 0.25) is 0 Å². The van der Waals surface area contributed by atoms with Gasteiger partial charge in [0.05, 0.1) is 0 Å². The lowest BCUT2D eigenvalue weighted by molar-refractivity contribution is 0.101. The number of amides is 1. The molecule has 2 N–H and O–H groups in total. The third kappa shape index (κ3) is 3.91. The highest BCUT2D eigenvalue weighted by Gasteiger charge is 2.20. The Morgan fingerprint density at radius 2 is 1.73 bits per heavy atom. The second-order valence-electron chi connectivity index (χ2n) is 5.77. The van der Waals surface area contributed by atoms with E-state index in [0.29, 0.717) is 43.6 Å². The molecule has 1 aliphatic rings. The highest BCUT2D eigenvalue weighted by Crippen LogP contribution is 2.25. The standard InChI is InChI=1S/C18H15F4N3O/c19-11-8-12(20)16(13(21)9-11)18(26)25-15-3-1-2-14(24-15)17(22)10-4-6-23-7-5-10/h1-3,8-9,23H,4-7H2,(H,24,25,26). The fraction of sp³-hybridized carbons (Fsp3) is 0.222. The molecule has 1 amide bonds. The van der Waals surface area contributed by atoms with Crippen molar-refractivity contribution in [1.82, 2.24) is 10.3 Å². The zero-order chi connectivity index (χ0) is 18.7. The predicted molar refractivity (Wildman–Crippen MR) is 88.6 cm³/mol. The van der Waals surface area contributed by atoms with Crippen molar-refractivity contribution in [3.05, 3.63) is 64.6 Å². The number of piperidine rings is 1. The Morgan fingerprint density at radius 1 is 1.08 bits per heavy atom. The van der Waals surface area contributed by atoms with Gasteiger partial charge in [-0.05, 0) is 43.6 Å². The quantitative estimate of drug-likeness (QED) is 0.814. The second kappa shape index (κ2) is 7.65. The van der Waals surface area contributed by atoms with Gasteiger partial charge in [-0.15, -0.1) is 0 Å². The van der Waals surface area contributed by atoms with Crippen molar-refractivity contribution < 1.29 is 22.4 Å². The number of hydrogen-bond donors (Lipinski definition) is 2. The minimum Gasteiger partial charge on any atom is -0.316 e. The van der Waals surface area contributed by atoms with Crippen LogP contribution in [0.4, 0.5) is 23.4 Å². The van der Waals surface area contributed by atoms with E-state index < -0.39 is 34.7 Å². The highest BCUT2D eigenvalue weighted by molar-refractivity contribution is 6.04. The van der Waals surface area contributed by atoms with Gasteiger partial charge in [0.1, 0.15) is 40.4 Å². The minimum atomic E-state index is -1.33. The fourth-order valence-corrected chi connectivity index (χ4v) is 2.69. The van der Waals surface area contributed by atoms with Crippen LogP contribution in [0.5, 0.6) is 0 Å². The topological polar surface area (TPSA) is 54.0 Å². The Balaban J connectivity index is 1.84. The van der Waals surface area contributed by atoms with Crippen molar-refractivity contribution in [1.29, 1.82) is 0 Å². The van der Waals surface area contributed by atoms with E-state index in [9.17, 15) is 22.4 Å². The van der Waals surface area contributed by atoms with Crippen LogP contribution in [0, 0.1) is 17.5 Å². The predicted octanol–water partition coefficient (Wildman–Crippen LogP) is 3.82. The number of halogens is 4. The lowest BCUT2D eigenvalue weighted by Gasteiger charge is -2.16. The Morgan fingerprint density at radius 3 is 2.38 bits per heavy atom. The summed E-state index contributed by atoms with van der Waals surface area (Å²) in [6.45, 7) is 1.34. The molecular formula is C18H15F4N3O. The zero-order valence-electron chi connectivity index (χ0n) is 13.6. The molecule has 0 bridgehead atoms. The number of carbonyl (C=O) groups is 1. The minimum absolute atomic E-state index is 0.0275. The molecular weight excluding hydrogens is 350 g/mol. The Kier molecular flexibility index (Phi) is 5.32. The second-order valence-corrected chi connectivity index (χ2v) is 5.77. The van der Waals surface area contributed by atoms with Gasteiger partial charge in [-0.2, -0.15) is 0 Å². The van der Waals surface area contributed by atoms with Crippen LogP contribution in [0.1, 0.15) is 28.9 Å². The van der Waals surface area contributed by atoms with Crippen LogP contribution in [-0.4, -0.2) is 24.0 Å². The van der Waals surface area contributed by atoms with Crippen LogP contribution in [0.3, 0.4) is 0 Å². The largest absolute Gasteiger partial charge is 0.316 e. The first-order valence-electron chi connectivity index (χ1n) is 7.97. The molecule has 3 rings (SSSR count). The molecule has 26 heavy (non-hydrogen) atoms. The van der Waals surface area contributed by atoms with E-state index in [2.05, 4.69) is 15.6 Å². The molecule has 0 saturated carbocycles. The fourth-order valence-electron chi connectivity index (χ4n) is 2.69. The van der Waals surface area contributed by atoms with Crippen molar-refractivity contribution in [3.63, 3.8) is 0 Å². The third-order valence-electron chi connectivity index (χ3n) is 3.97. The van der Waals surface area contributed by atoms with Crippen LogP contribution in [-0.2, 0) is 0 Å². The number of carbonyl (C=O) groups excluding carboxylic acids is 1. The van der Waals surface area contributed by atoms with Crippen molar-refractivity contribution >= 4 is 17.6 Å². The van der Waals surface area contributed by atoms with E-state index >= 15 is 0 Å². The molecule has 0 atom stereocenters. The van der Waals surface area contributed by atoms with Gasteiger partial charge in [-0.25, -0.2) is 22.5 Å². The summed E-state index contributed by atoms with van der Waals surface area (Å²) in [6, 6.07) is 5.09. The average molecular weight is 365 g/mol. The van der Waals surface area contributed by atoms with E-state index in [-0.39, 0.29) is 11.5 Å². The molecule has 1 aliphatic heterocycles. The Labute approximate surface area is 146 Å². The molecule has 0 spiro atoms. The van der Waals surface area contributed by atoms with Crippen molar-refractivity contribution in [2.24, 2.45) is 0 Å². The number of nitrogens with one attached hydrogen (secondary N) is 2. The van der Waals surface area contributed by atoms with Gasteiger partial charge in [-0.3, -0.25) is 4.79 Å². The highest BCUT2D eigenvalue weighted by atomic mass is 19.1. The maximum Gasteiger partial charge on any atom is 0.262 e. The monoisotopic (exact) mass is 365 g/mol. The summed E-state index contributed by atoms with van der Waals surface area (Å²) in [4.78, 5) is 16.1. The van der Waals surface area contributed by atoms with E-state index in [4.69, 9.17) is 0 Å². The first kappa shape index (κ1) is 18.1. The van der Waals surface area contributed by atoms with Crippen LogP contribution in [0.25, 0.3) is 5.83 Å². The lowest BCUT2D eigenvalue weighted by Crippen LogP contribution is -2.23. The molecule has 1 aromatic heterocycles. The van der Waals surface area contributed by atoms with Crippen molar-refractivity contribution in [2.75, 3.05) is 18.4 Å². The molecule has 2 aromatic rings. The van der Waals surface area contributed by atoms with Gasteiger partial charge in [0.2, 0.25) is 0 Å². The molecule has 1 saturated heterocycles. The first-order chi connectivity index (χ1) is 12.5. The van der Waals surface area contributed by atoms with Gasteiger partial charge in [0.25, 0.3) is 5.91 Å². The number of anilines is 1. The van der Waals surface area contributed by atoms with Crippen LogP contribution < -0.4 is 10.6 Å². The number of pyridine rings is 1. The number of aromatic nitrogens is 1. The Bertz CT molecular complexity index is 851. The zero-order valence-corrected chi connectivity index (χ0v) is 13.6. The molecule has 0 radical (unpaired) electrons. The average Bonchev–Trinajstić information content (AvgIpc) is 2.61. The summed E-state index contributed by atoms with van der Waals surface area (Å²) in [5, 5.41) is 5.32. The van der Waals surface area contributed by atoms with Gasteiger partial charge in [0.15, 0.2) is 0 Å². The summed E-state index contributed by atoms with van der Waals surface area (Å²) in [5.74, 6) is -5.48. The number of hydrogen-bond acceptors (Lipinski definition) is 3. The van der Waals surface area contributed by atoms with E-state index in [1.54, 1.807) is 0 Å². The number of nitrogens with zero attached hydrogens (tertiary/aromatic N) is 1. The summed E-state index contributed by atoms with van der Waals surface area (Å²) in [6.07, 6.45) is 1.10. The number of benzene rings is 1. The van der Waals surface area contributed by atoms with E-state index in [0.717, 1.165) is 0 Å². The van der Waals surface area contributed by atoms with Crippen molar-refractivity contribution in [3.8, 4) is 0 Å². The molecule has 1 fully saturated rings. The summed E-state index contributed by atoms with van der Waals surface area (Å²) < 4.78 is 54.9. The molecule has 0 unspecified atom stereocenters. The molecule has 2 heterocycles. The van der Waals surface area contributed by atoms with E-state index in [1.807, 2.05) is 0 Å². The lowest BCUT2D eigenvalue weighted by atomic mass is 10.0. The summed E-state index contributed by atoms with van der Waals surface area (Å²) in [7, 11) is 0. The number of rotatable bonds is 3. The van der Waals surface area contributed by atoms with Gasteiger partial charge >= 0.3 is 0 Å². The summed E-state index contributed by atoms with van der Waals surface area (Å²) >= 11 is 0. The van der Waals surface area contributed by atoms with Crippen molar-refractivity contribution in [2.45, 2.75) is 12.8 Å². The SMILES string of the molecule is O=C(Nc1cccc(C(F)=C2CCNCC2)n1)c1c(F)cc(F)cc1F.